The Morgan fingerprint density at radius 2 is 2.15 bits per heavy atom. The van der Waals surface area contributed by atoms with Crippen molar-refractivity contribution in [3.63, 3.8) is 0 Å². The van der Waals surface area contributed by atoms with E-state index in [1.54, 1.807) is 5.48 Å². The van der Waals surface area contributed by atoms with E-state index < -0.39 is 6.61 Å². The van der Waals surface area contributed by atoms with Crippen molar-refractivity contribution < 1.29 is 18.7 Å². The normalized spacial score (nSPS) is 10.2. The van der Waals surface area contributed by atoms with Crippen molar-refractivity contribution in [3.8, 4) is 5.75 Å². The van der Waals surface area contributed by atoms with Crippen LogP contribution in [-0.4, -0.2) is 11.8 Å². The van der Waals surface area contributed by atoms with Crippen molar-refractivity contribution in [1.29, 1.82) is 0 Å². The van der Waals surface area contributed by atoms with E-state index >= 15 is 0 Å². The van der Waals surface area contributed by atoms with Crippen LogP contribution < -0.4 is 10.2 Å². The molecule has 2 N–H and O–H groups in total. The van der Waals surface area contributed by atoms with E-state index in [1.165, 1.54) is 18.2 Å². The van der Waals surface area contributed by atoms with Gasteiger partial charge in [0.05, 0.1) is 0 Å². The number of ether oxygens (including phenoxy) is 1. The smallest absolute Gasteiger partial charge is 0.387 e. The van der Waals surface area contributed by atoms with Gasteiger partial charge in [0.2, 0.25) is 0 Å². The summed E-state index contributed by atoms with van der Waals surface area (Å²) in [6, 6.07) is 4.26. The molecule has 1 aromatic rings. The van der Waals surface area contributed by atoms with E-state index in [4.69, 9.17) is 5.21 Å². The van der Waals surface area contributed by atoms with Gasteiger partial charge in [-0.2, -0.15) is 8.78 Å². The first-order valence-electron chi connectivity index (χ1n) is 3.28. The second-order valence-corrected chi connectivity index (χ2v) is 3.05. The highest BCUT2D eigenvalue weighted by Gasteiger charge is 2.09. The van der Waals surface area contributed by atoms with Crippen molar-refractivity contribution >= 4 is 21.6 Å². The molecule has 6 heteroatoms. The fraction of sp³-hybridized carbons (Fsp3) is 0.143. The lowest BCUT2D eigenvalue weighted by atomic mass is 10.3. The Balaban J connectivity index is 2.92. The summed E-state index contributed by atoms with van der Waals surface area (Å²) < 4.78 is 28.3. The summed E-state index contributed by atoms with van der Waals surface area (Å²) >= 11 is 3.11. The van der Waals surface area contributed by atoms with E-state index in [1.807, 2.05) is 0 Å². The Hall–Kier alpha value is -0.880. The standard InChI is InChI=1S/C7H6BrF2NO2/c8-4-1-2-6(13-7(9)10)5(3-4)11-12/h1-3,7,11-12H. The SMILES string of the molecule is ONc1cc(Br)ccc1OC(F)F. The van der Waals surface area contributed by atoms with E-state index in [2.05, 4.69) is 20.7 Å². The molecule has 1 rings (SSSR count). The molecule has 3 nitrogen and oxygen atoms in total. The highest BCUT2D eigenvalue weighted by atomic mass is 79.9. The molecule has 0 aliphatic carbocycles. The van der Waals surface area contributed by atoms with Crippen LogP contribution in [0.1, 0.15) is 0 Å². The third-order valence-corrected chi connectivity index (χ3v) is 1.77. The molecular formula is C7H6BrF2NO2. The van der Waals surface area contributed by atoms with Crippen LogP contribution in [-0.2, 0) is 0 Å². The molecule has 0 spiro atoms. The zero-order chi connectivity index (χ0) is 9.84. The highest BCUT2D eigenvalue weighted by molar-refractivity contribution is 9.10. The number of hydrogen-bond acceptors (Lipinski definition) is 3. The maximum atomic E-state index is 11.8. The molecule has 0 atom stereocenters. The number of anilines is 1. The van der Waals surface area contributed by atoms with Crippen LogP contribution in [0.4, 0.5) is 14.5 Å². The van der Waals surface area contributed by atoms with Gasteiger partial charge in [0.1, 0.15) is 5.69 Å². The molecule has 13 heavy (non-hydrogen) atoms. The summed E-state index contributed by atoms with van der Waals surface area (Å²) in [5, 5.41) is 8.56. The minimum atomic E-state index is -2.91. The van der Waals surface area contributed by atoms with Gasteiger partial charge in [-0.15, -0.1) is 0 Å². The van der Waals surface area contributed by atoms with Gasteiger partial charge in [0.25, 0.3) is 0 Å². The minimum absolute atomic E-state index is 0.0784. The molecule has 0 saturated heterocycles. The summed E-state index contributed by atoms with van der Waals surface area (Å²) in [6.07, 6.45) is 0. The molecule has 0 aromatic heterocycles. The van der Waals surface area contributed by atoms with Crippen LogP contribution in [0.25, 0.3) is 0 Å². The van der Waals surface area contributed by atoms with Crippen LogP contribution in [0.5, 0.6) is 5.75 Å². The third-order valence-electron chi connectivity index (χ3n) is 1.28. The number of nitrogens with one attached hydrogen (secondary N) is 1. The number of halogens is 3. The van der Waals surface area contributed by atoms with E-state index in [-0.39, 0.29) is 11.4 Å². The van der Waals surface area contributed by atoms with Gasteiger partial charge in [0, 0.05) is 4.47 Å². The Labute approximate surface area is 81.4 Å². The van der Waals surface area contributed by atoms with Gasteiger partial charge in [-0.3, -0.25) is 10.7 Å². The molecule has 0 heterocycles. The third kappa shape index (κ3) is 2.82. The monoisotopic (exact) mass is 253 g/mol. The lowest BCUT2D eigenvalue weighted by Gasteiger charge is -2.09. The van der Waals surface area contributed by atoms with Crippen LogP contribution in [0.3, 0.4) is 0 Å². The quantitative estimate of drug-likeness (QED) is 0.815. The fourth-order valence-corrected chi connectivity index (χ4v) is 1.15. The van der Waals surface area contributed by atoms with Gasteiger partial charge < -0.3 is 4.74 Å². The first-order valence-corrected chi connectivity index (χ1v) is 4.07. The van der Waals surface area contributed by atoms with Crippen LogP contribution >= 0.6 is 15.9 Å². The Kier molecular flexibility index (Phi) is 3.44. The van der Waals surface area contributed by atoms with Crippen LogP contribution in [0.2, 0.25) is 0 Å². The predicted octanol–water partition coefficient (Wildman–Crippen LogP) is 2.85. The second-order valence-electron chi connectivity index (χ2n) is 2.13. The lowest BCUT2D eigenvalue weighted by Crippen LogP contribution is -2.04. The topological polar surface area (TPSA) is 41.5 Å². The first kappa shape index (κ1) is 10.2. The summed E-state index contributed by atoms with van der Waals surface area (Å²) in [5.41, 5.74) is 1.83. The first-order chi connectivity index (χ1) is 6.13. The predicted molar refractivity (Wildman–Crippen MR) is 46.2 cm³/mol. The van der Waals surface area contributed by atoms with E-state index in [0.29, 0.717) is 4.47 Å². The van der Waals surface area contributed by atoms with Crippen molar-refractivity contribution in [3.05, 3.63) is 22.7 Å². The molecule has 0 unspecified atom stereocenters. The minimum Gasteiger partial charge on any atom is -0.433 e. The fourth-order valence-electron chi connectivity index (χ4n) is 0.788. The van der Waals surface area contributed by atoms with Crippen molar-refractivity contribution in [2.24, 2.45) is 0 Å². The Bertz CT molecular complexity index is 296. The number of rotatable bonds is 3. The number of alkyl halides is 2. The van der Waals surface area contributed by atoms with Crippen molar-refractivity contribution in [2.45, 2.75) is 6.61 Å². The van der Waals surface area contributed by atoms with Gasteiger partial charge in [-0.25, -0.2) is 0 Å². The summed E-state index contributed by atoms with van der Waals surface area (Å²) in [4.78, 5) is 0. The summed E-state index contributed by atoms with van der Waals surface area (Å²) in [5.74, 6) is -0.110. The van der Waals surface area contributed by atoms with E-state index in [9.17, 15) is 8.78 Å². The number of hydrogen-bond donors (Lipinski definition) is 2. The Morgan fingerprint density at radius 3 is 2.69 bits per heavy atom. The van der Waals surface area contributed by atoms with Crippen molar-refractivity contribution in [1.82, 2.24) is 0 Å². The summed E-state index contributed by atoms with van der Waals surface area (Å²) in [7, 11) is 0. The lowest BCUT2D eigenvalue weighted by molar-refractivity contribution is -0.0495. The van der Waals surface area contributed by atoms with Gasteiger partial charge >= 0.3 is 6.61 Å². The maximum absolute atomic E-state index is 11.8. The zero-order valence-corrected chi connectivity index (χ0v) is 7.88. The molecule has 0 saturated carbocycles. The average molecular weight is 254 g/mol. The molecule has 72 valence electrons. The average Bonchev–Trinajstić information content (AvgIpc) is 2.07. The highest BCUT2D eigenvalue weighted by Crippen LogP contribution is 2.28. The molecular weight excluding hydrogens is 248 g/mol. The van der Waals surface area contributed by atoms with Gasteiger partial charge in [0.15, 0.2) is 5.75 Å². The maximum Gasteiger partial charge on any atom is 0.387 e. The molecule has 0 bridgehead atoms. The molecule has 1 aromatic carbocycles. The second kappa shape index (κ2) is 4.38. The molecule has 0 amide bonds. The summed E-state index contributed by atoms with van der Waals surface area (Å²) in [6.45, 7) is -2.91. The van der Waals surface area contributed by atoms with Crippen LogP contribution in [0, 0.1) is 0 Å². The molecule has 0 aliphatic heterocycles. The van der Waals surface area contributed by atoms with Crippen LogP contribution in [0.15, 0.2) is 22.7 Å². The Morgan fingerprint density at radius 1 is 1.46 bits per heavy atom. The van der Waals surface area contributed by atoms with E-state index in [0.717, 1.165) is 0 Å². The largest absolute Gasteiger partial charge is 0.433 e. The van der Waals surface area contributed by atoms with Gasteiger partial charge in [-0.1, -0.05) is 15.9 Å². The van der Waals surface area contributed by atoms with Crippen molar-refractivity contribution in [2.75, 3.05) is 5.48 Å². The molecule has 0 radical (unpaired) electrons. The number of benzene rings is 1. The molecule has 0 aliphatic rings. The molecule has 0 fully saturated rings. The van der Waals surface area contributed by atoms with Gasteiger partial charge in [-0.05, 0) is 18.2 Å². The zero-order valence-electron chi connectivity index (χ0n) is 6.30.